The molecule has 0 aliphatic heterocycles. The fourth-order valence-corrected chi connectivity index (χ4v) is 3.80. The molecule has 0 unspecified atom stereocenters. The van der Waals surface area contributed by atoms with E-state index >= 15 is 0 Å². The van der Waals surface area contributed by atoms with Crippen molar-refractivity contribution in [3.8, 4) is 0 Å². The molecule has 1 nitrogen and oxygen atoms in total. The van der Waals surface area contributed by atoms with Gasteiger partial charge in [0.05, 0.1) is 0 Å². The molecule has 100 valence electrons. The van der Waals surface area contributed by atoms with E-state index in [4.69, 9.17) is 11.6 Å². The first-order valence-electron chi connectivity index (χ1n) is 6.75. The molecular formula is C16H18ClNS. The summed E-state index contributed by atoms with van der Waals surface area (Å²) in [6.07, 6.45) is 2.40. The third-order valence-corrected chi connectivity index (χ3v) is 5.19. The molecule has 0 amide bonds. The van der Waals surface area contributed by atoms with E-state index in [1.54, 1.807) is 0 Å². The lowest BCUT2D eigenvalue weighted by Crippen LogP contribution is -2.39. The van der Waals surface area contributed by atoms with Gasteiger partial charge >= 0.3 is 0 Å². The maximum Gasteiger partial charge on any atom is 0.0440 e. The first kappa shape index (κ1) is 13.2. The lowest BCUT2D eigenvalue weighted by Gasteiger charge is -2.36. The van der Waals surface area contributed by atoms with E-state index in [0.717, 1.165) is 11.6 Å². The summed E-state index contributed by atoms with van der Waals surface area (Å²) in [5.41, 5.74) is 1.31. The van der Waals surface area contributed by atoms with Crippen molar-refractivity contribution in [1.82, 2.24) is 5.32 Å². The first-order chi connectivity index (χ1) is 9.22. The zero-order valence-electron chi connectivity index (χ0n) is 11.0. The monoisotopic (exact) mass is 291 g/mol. The molecule has 0 radical (unpaired) electrons. The normalized spacial score (nSPS) is 22.2. The number of benzene rings is 1. The van der Waals surface area contributed by atoms with Crippen LogP contribution in [0.25, 0.3) is 0 Å². The summed E-state index contributed by atoms with van der Waals surface area (Å²) in [5.74, 6) is 0.635. The molecule has 1 aromatic heterocycles. The van der Waals surface area contributed by atoms with E-state index in [-0.39, 0.29) is 0 Å². The second kappa shape index (κ2) is 5.66. The number of rotatable bonds is 4. The Morgan fingerprint density at radius 3 is 2.68 bits per heavy atom. The van der Waals surface area contributed by atoms with E-state index in [0.29, 0.717) is 12.0 Å². The van der Waals surface area contributed by atoms with Gasteiger partial charge in [0.1, 0.15) is 0 Å². The van der Waals surface area contributed by atoms with Crippen LogP contribution >= 0.6 is 22.9 Å². The lowest BCUT2D eigenvalue weighted by atomic mass is 9.76. The fraction of sp³-hybridized carbons (Fsp3) is 0.375. The van der Waals surface area contributed by atoms with Gasteiger partial charge in [-0.3, -0.25) is 0 Å². The Bertz CT molecular complexity index is 557. The van der Waals surface area contributed by atoms with Gasteiger partial charge in [0, 0.05) is 27.4 Å². The van der Waals surface area contributed by atoms with Gasteiger partial charge in [-0.1, -0.05) is 29.8 Å². The summed E-state index contributed by atoms with van der Waals surface area (Å²) in [6.45, 7) is 3.16. The van der Waals surface area contributed by atoms with Crippen LogP contribution in [0.3, 0.4) is 0 Å². The van der Waals surface area contributed by atoms with Crippen molar-refractivity contribution in [2.75, 3.05) is 0 Å². The van der Waals surface area contributed by atoms with Crippen LogP contribution in [0.4, 0.5) is 0 Å². The van der Waals surface area contributed by atoms with Gasteiger partial charge in [0.25, 0.3) is 0 Å². The molecule has 1 fully saturated rings. The molecule has 0 bridgehead atoms. The van der Waals surface area contributed by atoms with Crippen LogP contribution in [0.15, 0.2) is 36.4 Å². The zero-order valence-corrected chi connectivity index (χ0v) is 12.6. The van der Waals surface area contributed by atoms with Crippen LogP contribution in [0, 0.1) is 6.92 Å². The predicted octanol–water partition coefficient (Wildman–Crippen LogP) is 4.75. The zero-order chi connectivity index (χ0) is 13.2. The van der Waals surface area contributed by atoms with E-state index in [2.05, 4.69) is 36.5 Å². The summed E-state index contributed by atoms with van der Waals surface area (Å²) < 4.78 is 0. The molecular weight excluding hydrogens is 274 g/mol. The van der Waals surface area contributed by atoms with Crippen LogP contribution in [-0.4, -0.2) is 6.04 Å². The summed E-state index contributed by atoms with van der Waals surface area (Å²) >= 11 is 8.12. The maximum atomic E-state index is 6.24. The lowest BCUT2D eigenvalue weighted by molar-refractivity contribution is 0.290. The maximum absolute atomic E-state index is 6.24. The van der Waals surface area contributed by atoms with Gasteiger partial charge in [-0.2, -0.15) is 0 Å². The van der Waals surface area contributed by atoms with Gasteiger partial charge in [0.15, 0.2) is 0 Å². The van der Waals surface area contributed by atoms with Crippen molar-refractivity contribution in [2.45, 2.75) is 38.3 Å². The SMILES string of the molecule is Cc1ccc(CNC2CC(c3ccccc3Cl)C2)s1. The molecule has 0 saturated heterocycles. The number of aryl methyl sites for hydroxylation is 1. The Hall–Kier alpha value is -0.830. The summed E-state index contributed by atoms with van der Waals surface area (Å²) in [5, 5.41) is 4.55. The highest BCUT2D eigenvalue weighted by Gasteiger charge is 2.30. The van der Waals surface area contributed by atoms with Crippen LogP contribution < -0.4 is 5.32 Å². The van der Waals surface area contributed by atoms with Crippen LogP contribution in [0.1, 0.15) is 34.1 Å². The number of halogens is 1. The summed E-state index contributed by atoms with van der Waals surface area (Å²) in [6, 6.07) is 13.3. The summed E-state index contributed by atoms with van der Waals surface area (Å²) in [4.78, 5) is 2.82. The quantitative estimate of drug-likeness (QED) is 0.857. The molecule has 2 aromatic rings. The Morgan fingerprint density at radius 2 is 2.00 bits per heavy atom. The minimum atomic E-state index is 0.635. The molecule has 1 heterocycles. The molecule has 1 aromatic carbocycles. The third-order valence-electron chi connectivity index (χ3n) is 3.84. The molecule has 1 saturated carbocycles. The van der Waals surface area contributed by atoms with Gasteiger partial charge in [0.2, 0.25) is 0 Å². The average Bonchev–Trinajstić information content (AvgIpc) is 2.75. The van der Waals surface area contributed by atoms with E-state index in [9.17, 15) is 0 Å². The molecule has 1 aliphatic rings. The Kier molecular flexibility index (Phi) is 3.92. The molecule has 19 heavy (non-hydrogen) atoms. The molecule has 3 rings (SSSR count). The smallest absolute Gasteiger partial charge is 0.0440 e. The summed E-state index contributed by atoms with van der Waals surface area (Å²) in [7, 11) is 0. The minimum absolute atomic E-state index is 0.635. The van der Waals surface area contributed by atoms with E-state index < -0.39 is 0 Å². The third kappa shape index (κ3) is 3.02. The number of nitrogens with one attached hydrogen (secondary N) is 1. The van der Waals surface area contributed by atoms with Crippen molar-refractivity contribution in [2.24, 2.45) is 0 Å². The highest BCUT2D eigenvalue weighted by Crippen LogP contribution is 2.40. The van der Waals surface area contributed by atoms with Crippen LogP contribution in [0.2, 0.25) is 5.02 Å². The molecule has 1 aliphatic carbocycles. The Balaban J connectivity index is 1.49. The minimum Gasteiger partial charge on any atom is -0.309 e. The van der Waals surface area contributed by atoms with Crippen molar-refractivity contribution < 1.29 is 0 Å². The van der Waals surface area contributed by atoms with E-state index in [1.807, 2.05) is 23.5 Å². The van der Waals surface area contributed by atoms with Crippen LogP contribution in [0.5, 0.6) is 0 Å². The Labute approximate surface area is 123 Å². The van der Waals surface area contributed by atoms with Crippen molar-refractivity contribution in [1.29, 1.82) is 0 Å². The average molecular weight is 292 g/mol. The largest absolute Gasteiger partial charge is 0.309 e. The van der Waals surface area contributed by atoms with Gasteiger partial charge < -0.3 is 5.32 Å². The first-order valence-corrected chi connectivity index (χ1v) is 7.95. The van der Waals surface area contributed by atoms with Gasteiger partial charge in [-0.25, -0.2) is 0 Å². The molecule has 0 atom stereocenters. The van der Waals surface area contributed by atoms with E-state index in [1.165, 1.54) is 28.2 Å². The number of hydrogen-bond donors (Lipinski definition) is 1. The second-order valence-electron chi connectivity index (χ2n) is 5.28. The highest BCUT2D eigenvalue weighted by atomic mass is 35.5. The molecule has 3 heteroatoms. The van der Waals surface area contributed by atoms with Gasteiger partial charge in [-0.15, -0.1) is 11.3 Å². The predicted molar refractivity (Wildman–Crippen MR) is 83.1 cm³/mol. The van der Waals surface area contributed by atoms with Crippen molar-refractivity contribution in [3.05, 3.63) is 56.7 Å². The van der Waals surface area contributed by atoms with Crippen molar-refractivity contribution in [3.63, 3.8) is 0 Å². The van der Waals surface area contributed by atoms with Gasteiger partial charge in [-0.05, 0) is 49.4 Å². The molecule has 0 spiro atoms. The number of thiophene rings is 1. The number of hydrogen-bond acceptors (Lipinski definition) is 2. The van der Waals surface area contributed by atoms with Crippen LogP contribution in [-0.2, 0) is 6.54 Å². The second-order valence-corrected chi connectivity index (χ2v) is 7.06. The standard InChI is InChI=1S/C16H18ClNS/c1-11-6-7-14(19-11)10-18-13-8-12(9-13)15-4-2-3-5-16(15)17/h2-7,12-13,18H,8-10H2,1H3. The Morgan fingerprint density at radius 1 is 1.21 bits per heavy atom. The topological polar surface area (TPSA) is 12.0 Å². The fourth-order valence-electron chi connectivity index (χ4n) is 2.67. The highest BCUT2D eigenvalue weighted by molar-refractivity contribution is 7.11. The van der Waals surface area contributed by atoms with Crippen molar-refractivity contribution >= 4 is 22.9 Å². The molecule has 1 N–H and O–H groups in total.